The summed E-state index contributed by atoms with van der Waals surface area (Å²) < 4.78 is 28.9. The number of aliphatic carboxylic acids is 1. The maximum atomic E-state index is 14.3. The predicted octanol–water partition coefficient (Wildman–Crippen LogP) is 3.65. The van der Waals surface area contributed by atoms with Crippen LogP contribution in [-0.4, -0.2) is 44.0 Å². The molecule has 3 aromatic rings. The van der Waals surface area contributed by atoms with Gasteiger partial charge in [0.05, 0.1) is 11.6 Å². The highest BCUT2D eigenvalue weighted by Crippen LogP contribution is 2.45. The van der Waals surface area contributed by atoms with Crippen LogP contribution in [-0.2, 0) is 11.3 Å². The molecule has 37 heavy (non-hydrogen) atoms. The minimum Gasteiger partial charge on any atom is -0.481 e. The number of nitrogens with one attached hydrogen (secondary N) is 2. The van der Waals surface area contributed by atoms with Crippen molar-refractivity contribution in [2.24, 2.45) is 10.8 Å². The lowest BCUT2D eigenvalue weighted by Gasteiger charge is -2.41. The fourth-order valence-electron chi connectivity index (χ4n) is 4.48. The number of carboxylic acids is 1. The number of nitrogens with zero attached hydrogens (tertiary/aromatic N) is 3. The second-order valence-corrected chi connectivity index (χ2v) is 10.4. The molecular weight excluding hydrogens is 484 g/mol. The number of aromatic nitrogens is 3. The van der Waals surface area contributed by atoms with Crippen molar-refractivity contribution in [2.75, 3.05) is 6.54 Å². The largest absolute Gasteiger partial charge is 0.481 e. The van der Waals surface area contributed by atoms with Crippen LogP contribution in [0.15, 0.2) is 30.5 Å². The molecule has 0 saturated heterocycles. The van der Waals surface area contributed by atoms with E-state index in [1.54, 1.807) is 26.0 Å². The number of hydrogen-bond donors (Lipinski definition) is 3. The summed E-state index contributed by atoms with van der Waals surface area (Å²) in [4.78, 5) is 41.5. The van der Waals surface area contributed by atoms with E-state index in [1.165, 1.54) is 12.1 Å². The summed E-state index contributed by atoms with van der Waals surface area (Å²) in [5.74, 6) is -3.16. The number of aryl methyl sites for hydroxylation is 1. The molecule has 0 radical (unpaired) electrons. The van der Waals surface area contributed by atoms with Crippen molar-refractivity contribution in [3.63, 3.8) is 0 Å². The van der Waals surface area contributed by atoms with E-state index in [0.717, 1.165) is 10.7 Å². The molecule has 1 fully saturated rings. The molecule has 2 heterocycles. The normalized spacial score (nSPS) is 21.5. The van der Waals surface area contributed by atoms with Gasteiger partial charge >= 0.3 is 5.97 Å². The molecule has 11 heteroatoms. The number of carboxylic acid groups (broad SMARTS) is 1. The fraction of sp³-hybridized carbons (Fsp3) is 0.423. The summed E-state index contributed by atoms with van der Waals surface area (Å²) in [5.41, 5.74) is -0.477. The Hall–Kier alpha value is -3.89. The first-order valence-electron chi connectivity index (χ1n) is 12.0. The van der Waals surface area contributed by atoms with Crippen LogP contribution < -0.4 is 10.6 Å². The van der Waals surface area contributed by atoms with Crippen molar-refractivity contribution >= 4 is 23.4 Å². The SMILES string of the molecule is Cc1cc(CNC(=O)c2cc(C(=O)NCC3(C)CCC(C)(C(=O)O)CC3)n3ncc(F)c3n2)ccc1F. The van der Waals surface area contributed by atoms with Gasteiger partial charge in [0.25, 0.3) is 11.8 Å². The second-order valence-electron chi connectivity index (χ2n) is 10.4. The van der Waals surface area contributed by atoms with E-state index in [4.69, 9.17) is 0 Å². The average Bonchev–Trinajstić information content (AvgIpc) is 3.25. The van der Waals surface area contributed by atoms with Crippen molar-refractivity contribution in [1.29, 1.82) is 0 Å². The summed E-state index contributed by atoms with van der Waals surface area (Å²) in [6.07, 6.45) is 3.15. The van der Waals surface area contributed by atoms with E-state index in [1.807, 2.05) is 6.92 Å². The van der Waals surface area contributed by atoms with Crippen molar-refractivity contribution in [3.8, 4) is 0 Å². The molecule has 0 bridgehead atoms. The average molecular weight is 514 g/mol. The summed E-state index contributed by atoms with van der Waals surface area (Å²) in [6.45, 7) is 5.70. The molecule has 1 saturated carbocycles. The Morgan fingerprint density at radius 3 is 2.38 bits per heavy atom. The van der Waals surface area contributed by atoms with Gasteiger partial charge in [-0.1, -0.05) is 19.1 Å². The van der Waals surface area contributed by atoms with Crippen LogP contribution in [0.25, 0.3) is 5.65 Å². The lowest BCUT2D eigenvalue weighted by molar-refractivity contribution is -0.151. The van der Waals surface area contributed by atoms with Crippen LogP contribution in [0.3, 0.4) is 0 Å². The lowest BCUT2D eigenvalue weighted by atomic mass is 9.65. The molecule has 196 valence electrons. The zero-order valence-electron chi connectivity index (χ0n) is 20.9. The quantitative estimate of drug-likeness (QED) is 0.443. The van der Waals surface area contributed by atoms with E-state index in [-0.39, 0.29) is 41.4 Å². The van der Waals surface area contributed by atoms with Crippen LogP contribution in [0.2, 0.25) is 0 Å². The Bertz CT molecular complexity index is 1380. The van der Waals surface area contributed by atoms with Crippen LogP contribution >= 0.6 is 0 Å². The molecule has 1 aliphatic carbocycles. The lowest BCUT2D eigenvalue weighted by Crippen LogP contribution is -2.42. The standard InChI is InChI=1S/C26H29F2N5O4/c1-15-10-16(4-5-17(15)27)12-29-22(34)19-11-20(33-21(32-19)18(28)13-31-33)23(35)30-14-25(2)6-8-26(3,9-7-25)24(36)37/h4-5,10-11,13H,6-9,12,14H2,1-3H3,(H,29,34)(H,30,35)(H,36,37). The van der Waals surface area contributed by atoms with Gasteiger partial charge in [-0.15, -0.1) is 0 Å². The molecule has 0 spiro atoms. The van der Waals surface area contributed by atoms with Gasteiger partial charge in [-0.3, -0.25) is 14.4 Å². The zero-order valence-corrected chi connectivity index (χ0v) is 20.9. The van der Waals surface area contributed by atoms with Gasteiger partial charge in [0.1, 0.15) is 17.2 Å². The van der Waals surface area contributed by atoms with Gasteiger partial charge in [0, 0.05) is 19.2 Å². The Morgan fingerprint density at radius 2 is 1.73 bits per heavy atom. The number of carbonyl (C=O) groups excluding carboxylic acids is 2. The topological polar surface area (TPSA) is 126 Å². The van der Waals surface area contributed by atoms with E-state index in [0.29, 0.717) is 36.8 Å². The summed E-state index contributed by atoms with van der Waals surface area (Å²) in [5, 5.41) is 18.9. The Labute approximate surface area is 212 Å². The van der Waals surface area contributed by atoms with E-state index in [9.17, 15) is 28.3 Å². The van der Waals surface area contributed by atoms with Crippen LogP contribution in [0, 0.1) is 29.4 Å². The number of carbonyl (C=O) groups is 3. The van der Waals surface area contributed by atoms with E-state index >= 15 is 0 Å². The summed E-state index contributed by atoms with van der Waals surface area (Å²) in [6, 6.07) is 5.69. The Kier molecular flexibility index (Phi) is 6.98. The number of benzene rings is 1. The van der Waals surface area contributed by atoms with Crippen molar-refractivity contribution in [1.82, 2.24) is 25.2 Å². The summed E-state index contributed by atoms with van der Waals surface area (Å²) in [7, 11) is 0. The predicted molar refractivity (Wildman–Crippen MR) is 130 cm³/mol. The van der Waals surface area contributed by atoms with Crippen molar-refractivity contribution < 1.29 is 28.3 Å². The molecule has 0 aliphatic heterocycles. The van der Waals surface area contributed by atoms with Crippen molar-refractivity contribution in [3.05, 3.63) is 64.6 Å². The molecule has 2 amide bonds. The molecule has 4 rings (SSSR count). The number of amides is 2. The van der Waals surface area contributed by atoms with Crippen LogP contribution in [0.1, 0.15) is 71.6 Å². The molecule has 3 N–H and O–H groups in total. The van der Waals surface area contributed by atoms with E-state index < -0.39 is 29.0 Å². The minimum absolute atomic E-state index is 0.0635. The third kappa shape index (κ3) is 5.45. The second kappa shape index (κ2) is 9.87. The number of halogens is 2. The maximum Gasteiger partial charge on any atom is 0.309 e. The Morgan fingerprint density at radius 1 is 1.03 bits per heavy atom. The van der Waals surface area contributed by atoms with Crippen LogP contribution in [0.4, 0.5) is 8.78 Å². The zero-order chi connectivity index (χ0) is 27.0. The first kappa shape index (κ1) is 26.2. The molecule has 1 aliphatic rings. The first-order chi connectivity index (χ1) is 17.4. The third-order valence-corrected chi connectivity index (χ3v) is 7.32. The molecule has 2 aromatic heterocycles. The third-order valence-electron chi connectivity index (χ3n) is 7.32. The number of fused-ring (bicyclic) bond motifs is 1. The first-order valence-corrected chi connectivity index (χ1v) is 12.0. The Balaban J connectivity index is 1.49. The molecule has 1 aromatic carbocycles. The fourth-order valence-corrected chi connectivity index (χ4v) is 4.48. The molecular formula is C26H29F2N5O4. The van der Waals surface area contributed by atoms with E-state index in [2.05, 4.69) is 20.7 Å². The van der Waals surface area contributed by atoms with Gasteiger partial charge in [-0.05, 0) is 62.1 Å². The molecule has 0 atom stereocenters. The van der Waals surface area contributed by atoms with Gasteiger partial charge in [0.15, 0.2) is 11.5 Å². The maximum absolute atomic E-state index is 14.3. The number of rotatable bonds is 7. The molecule has 0 unspecified atom stereocenters. The smallest absolute Gasteiger partial charge is 0.309 e. The number of hydrogen-bond acceptors (Lipinski definition) is 5. The highest BCUT2D eigenvalue weighted by molar-refractivity contribution is 5.98. The monoisotopic (exact) mass is 513 g/mol. The van der Waals surface area contributed by atoms with Gasteiger partial charge < -0.3 is 15.7 Å². The van der Waals surface area contributed by atoms with Crippen molar-refractivity contribution in [2.45, 2.75) is 53.0 Å². The molecule has 9 nitrogen and oxygen atoms in total. The van der Waals surface area contributed by atoms with Gasteiger partial charge in [-0.25, -0.2) is 18.3 Å². The van der Waals surface area contributed by atoms with Gasteiger partial charge in [0.2, 0.25) is 0 Å². The van der Waals surface area contributed by atoms with Gasteiger partial charge in [-0.2, -0.15) is 5.10 Å². The highest BCUT2D eigenvalue weighted by atomic mass is 19.1. The minimum atomic E-state index is -0.821. The summed E-state index contributed by atoms with van der Waals surface area (Å²) >= 11 is 0. The van der Waals surface area contributed by atoms with Crippen LogP contribution in [0.5, 0.6) is 0 Å². The highest BCUT2D eigenvalue weighted by Gasteiger charge is 2.42.